The Labute approximate surface area is 132 Å². The second-order valence-electron chi connectivity index (χ2n) is 4.53. The van der Waals surface area contributed by atoms with E-state index in [1.54, 1.807) is 12.3 Å². The maximum atomic E-state index is 11.5. The van der Waals surface area contributed by atoms with Gasteiger partial charge in [-0.05, 0) is 35.2 Å². The van der Waals surface area contributed by atoms with Crippen LogP contribution in [0, 0.1) is 0 Å². The zero-order valence-electron chi connectivity index (χ0n) is 11.8. The summed E-state index contributed by atoms with van der Waals surface area (Å²) in [5.41, 5.74) is 1.06. The summed E-state index contributed by atoms with van der Waals surface area (Å²) in [6.07, 6.45) is 2.40. The lowest BCUT2D eigenvalue weighted by molar-refractivity contribution is -0.106. The molecule has 3 aromatic rings. The molecule has 22 heavy (non-hydrogen) atoms. The number of carbonyl (C=O) groups is 1. The van der Waals surface area contributed by atoms with Gasteiger partial charge in [0.2, 0.25) is 6.41 Å². The van der Waals surface area contributed by atoms with Gasteiger partial charge in [0.05, 0.1) is 0 Å². The molecule has 5 heteroatoms. The first kappa shape index (κ1) is 14.3. The molecule has 0 aliphatic heterocycles. The van der Waals surface area contributed by atoms with Gasteiger partial charge >= 0.3 is 0 Å². The molecule has 1 aromatic carbocycles. The van der Waals surface area contributed by atoms with Crippen molar-refractivity contribution in [2.75, 3.05) is 4.90 Å². The number of anilines is 2. The highest BCUT2D eigenvalue weighted by molar-refractivity contribution is 7.14. The molecule has 0 unspecified atom stereocenters. The van der Waals surface area contributed by atoms with E-state index >= 15 is 0 Å². The maximum Gasteiger partial charge on any atom is 0.220 e. The number of thiophene rings is 1. The lowest BCUT2D eigenvalue weighted by atomic mass is 10.2. The molecule has 4 nitrogen and oxygen atoms in total. The van der Waals surface area contributed by atoms with E-state index in [1.165, 1.54) is 16.2 Å². The number of hydrogen-bond donors (Lipinski definition) is 0. The molecule has 2 heterocycles. The molecule has 0 radical (unpaired) electrons. The smallest absolute Gasteiger partial charge is 0.220 e. The van der Waals surface area contributed by atoms with Crippen LogP contribution in [0.1, 0.15) is 5.56 Å². The van der Waals surface area contributed by atoms with Crippen molar-refractivity contribution in [2.24, 2.45) is 0 Å². The van der Waals surface area contributed by atoms with Crippen molar-refractivity contribution in [3.05, 3.63) is 71.7 Å². The largest absolute Gasteiger partial charge is 0.485 e. The minimum Gasteiger partial charge on any atom is -0.485 e. The predicted molar refractivity (Wildman–Crippen MR) is 87.5 cm³/mol. The van der Waals surface area contributed by atoms with Crippen molar-refractivity contribution in [1.82, 2.24) is 4.98 Å². The fourth-order valence-corrected chi connectivity index (χ4v) is 2.72. The monoisotopic (exact) mass is 310 g/mol. The third kappa shape index (κ3) is 3.15. The lowest BCUT2D eigenvalue weighted by Crippen LogP contribution is -2.15. The summed E-state index contributed by atoms with van der Waals surface area (Å²) >= 11 is 1.47. The van der Waals surface area contributed by atoms with Gasteiger partial charge in [-0.15, -0.1) is 11.3 Å². The summed E-state index contributed by atoms with van der Waals surface area (Å²) in [5, 5.41) is 2.72. The maximum absolute atomic E-state index is 11.5. The number of ether oxygens (including phenoxy) is 1. The molecule has 2 aromatic heterocycles. The molecule has 0 saturated carbocycles. The van der Waals surface area contributed by atoms with Crippen LogP contribution in [0.4, 0.5) is 10.8 Å². The van der Waals surface area contributed by atoms with E-state index in [1.807, 2.05) is 53.9 Å². The highest BCUT2D eigenvalue weighted by Crippen LogP contribution is 2.33. The van der Waals surface area contributed by atoms with Gasteiger partial charge in [-0.2, -0.15) is 0 Å². The first-order valence-electron chi connectivity index (χ1n) is 6.78. The van der Waals surface area contributed by atoms with Crippen molar-refractivity contribution in [2.45, 2.75) is 6.61 Å². The van der Waals surface area contributed by atoms with Crippen LogP contribution in [-0.4, -0.2) is 11.4 Å². The SMILES string of the molecule is O=CN(c1cccs1)c1ncccc1OCc1ccccc1. The van der Waals surface area contributed by atoms with Crippen molar-refractivity contribution in [3.63, 3.8) is 0 Å². The van der Waals surface area contributed by atoms with Crippen LogP contribution in [0.2, 0.25) is 0 Å². The second-order valence-corrected chi connectivity index (χ2v) is 5.45. The van der Waals surface area contributed by atoms with Crippen LogP contribution in [0.15, 0.2) is 66.2 Å². The van der Waals surface area contributed by atoms with Crippen LogP contribution >= 0.6 is 11.3 Å². The van der Waals surface area contributed by atoms with Crippen molar-refractivity contribution < 1.29 is 9.53 Å². The number of rotatable bonds is 6. The van der Waals surface area contributed by atoms with E-state index in [0.717, 1.165) is 17.0 Å². The normalized spacial score (nSPS) is 10.2. The van der Waals surface area contributed by atoms with Crippen molar-refractivity contribution >= 4 is 28.6 Å². The minimum absolute atomic E-state index is 0.427. The second kappa shape index (κ2) is 6.87. The molecular weight excluding hydrogens is 296 g/mol. The summed E-state index contributed by atoms with van der Waals surface area (Å²) in [7, 11) is 0. The zero-order valence-corrected chi connectivity index (χ0v) is 12.6. The fourth-order valence-electron chi connectivity index (χ4n) is 2.02. The molecule has 110 valence electrons. The summed E-state index contributed by atoms with van der Waals surface area (Å²) in [5.74, 6) is 1.07. The third-order valence-corrected chi connectivity index (χ3v) is 3.93. The lowest BCUT2D eigenvalue weighted by Gasteiger charge is -2.18. The van der Waals surface area contributed by atoms with Gasteiger partial charge in [0.25, 0.3) is 0 Å². The molecule has 0 aliphatic rings. The number of pyridine rings is 1. The van der Waals surface area contributed by atoms with Crippen molar-refractivity contribution in [3.8, 4) is 5.75 Å². The summed E-state index contributed by atoms with van der Waals surface area (Å²) in [4.78, 5) is 17.3. The average molecular weight is 310 g/mol. The van der Waals surface area contributed by atoms with Gasteiger partial charge in [0.1, 0.15) is 11.6 Å². The highest BCUT2D eigenvalue weighted by atomic mass is 32.1. The van der Waals surface area contributed by atoms with Crippen LogP contribution in [0.25, 0.3) is 0 Å². The molecule has 3 rings (SSSR count). The highest BCUT2D eigenvalue weighted by Gasteiger charge is 2.16. The fraction of sp³-hybridized carbons (Fsp3) is 0.0588. The van der Waals surface area contributed by atoms with Gasteiger partial charge in [-0.1, -0.05) is 30.3 Å². The Hall–Kier alpha value is -2.66. The standard InChI is InChI=1S/C17H14N2O2S/c20-13-19(16-9-5-11-22-16)17-15(8-4-10-18-17)21-12-14-6-2-1-3-7-14/h1-11,13H,12H2. The van der Waals surface area contributed by atoms with E-state index < -0.39 is 0 Å². The summed E-state index contributed by atoms with van der Waals surface area (Å²) < 4.78 is 5.85. The molecule has 0 fully saturated rings. The topological polar surface area (TPSA) is 42.4 Å². The van der Waals surface area contributed by atoms with Gasteiger partial charge in [-0.3, -0.25) is 9.69 Å². The zero-order chi connectivity index (χ0) is 15.2. The molecule has 0 atom stereocenters. The number of hydrogen-bond acceptors (Lipinski definition) is 4. The summed E-state index contributed by atoms with van der Waals surface area (Å²) in [6, 6.07) is 17.2. The number of nitrogens with zero attached hydrogens (tertiary/aromatic N) is 2. The Kier molecular flexibility index (Phi) is 4.46. The quantitative estimate of drug-likeness (QED) is 0.646. The third-order valence-electron chi connectivity index (χ3n) is 3.07. The Morgan fingerprint density at radius 1 is 1.09 bits per heavy atom. The van der Waals surface area contributed by atoms with E-state index in [-0.39, 0.29) is 0 Å². The number of amides is 1. The minimum atomic E-state index is 0.427. The van der Waals surface area contributed by atoms with Crippen LogP contribution in [-0.2, 0) is 11.4 Å². The molecule has 0 spiro atoms. The average Bonchev–Trinajstić information content (AvgIpc) is 3.10. The van der Waals surface area contributed by atoms with Crippen LogP contribution in [0.3, 0.4) is 0 Å². The van der Waals surface area contributed by atoms with Crippen LogP contribution < -0.4 is 9.64 Å². The molecule has 0 bridgehead atoms. The number of benzene rings is 1. The predicted octanol–water partition coefficient (Wildman–Crippen LogP) is 4.02. The van der Waals surface area contributed by atoms with E-state index in [0.29, 0.717) is 18.2 Å². The molecule has 0 aliphatic carbocycles. The van der Waals surface area contributed by atoms with Gasteiger partial charge in [-0.25, -0.2) is 4.98 Å². The first-order valence-corrected chi connectivity index (χ1v) is 7.66. The molecule has 1 amide bonds. The van der Waals surface area contributed by atoms with Gasteiger partial charge in [0.15, 0.2) is 11.6 Å². The van der Waals surface area contributed by atoms with Crippen LogP contribution in [0.5, 0.6) is 5.75 Å². The summed E-state index contributed by atoms with van der Waals surface area (Å²) in [6.45, 7) is 0.427. The van der Waals surface area contributed by atoms with Gasteiger partial charge in [0, 0.05) is 6.20 Å². The molecular formula is C17H14N2O2S. The number of carbonyl (C=O) groups excluding carboxylic acids is 1. The van der Waals surface area contributed by atoms with Gasteiger partial charge < -0.3 is 4.74 Å². The first-order chi connectivity index (χ1) is 10.9. The number of aromatic nitrogens is 1. The Bertz CT molecular complexity index is 729. The van der Waals surface area contributed by atoms with Crippen molar-refractivity contribution in [1.29, 1.82) is 0 Å². The Morgan fingerprint density at radius 3 is 2.68 bits per heavy atom. The van der Waals surface area contributed by atoms with E-state index in [2.05, 4.69) is 4.98 Å². The Morgan fingerprint density at radius 2 is 1.95 bits per heavy atom. The molecule has 0 N–H and O–H groups in total. The molecule has 0 saturated heterocycles. The van der Waals surface area contributed by atoms with E-state index in [4.69, 9.17) is 4.74 Å². The Balaban J connectivity index is 1.85. The van der Waals surface area contributed by atoms with E-state index in [9.17, 15) is 4.79 Å².